The van der Waals surface area contributed by atoms with Crippen LogP contribution in [0.3, 0.4) is 0 Å². The Labute approximate surface area is 126 Å². The summed E-state index contributed by atoms with van der Waals surface area (Å²) in [4.78, 5) is 31.0. The zero-order valence-corrected chi connectivity index (χ0v) is 12.5. The lowest BCUT2D eigenvalue weighted by molar-refractivity contribution is -0.452. The van der Waals surface area contributed by atoms with Crippen molar-refractivity contribution < 1.29 is 43.3 Å². The Hall–Kier alpha value is -2.68. The molecule has 0 unspecified atom stereocenters. The molecular formula is C13H16O9. The lowest BCUT2D eigenvalue weighted by atomic mass is 10.2. The second-order valence-electron chi connectivity index (χ2n) is 3.62. The highest BCUT2D eigenvalue weighted by Gasteiger charge is 2.19. The smallest absolute Gasteiger partial charge is 0.493 e. The molecule has 0 amide bonds. The number of benzene rings is 1. The number of rotatable bonds is 7. The highest BCUT2D eigenvalue weighted by Crippen LogP contribution is 2.38. The van der Waals surface area contributed by atoms with Gasteiger partial charge in [-0.3, -0.25) is 4.89 Å². The molecule has 0 heterocycles. The van der Waals surface area contributed by atoms with E-state index in [2.05, 4.69) is 19.6 Å². The van der Waals surface area contributed by atoms with Crippen molar-refractivity contribution >= 4 is 12.1 Å². The SMILES string of the molecule is CCOC(=O)OOOC(=O)c1cc(OC)c(OC)c(OC)c1. The fourth-order valence-electron chi connectivity index (χ4n) is 1.46. The Bertz CT molecular complexity index is 501. The fourth-order valence-corrected chi connectivity index (χ4v) is 1.46. The first kappa shape index (κ1) is 17.4. The highest BCUT2D eigenvalue weighted by atomic mass is 17.5. The summed E-state index contributed by atoms with van der Waals surface area (Å²) in [5, 5.41) is 4.03. The van der Waals surface area contributed by atoms with E-state index in [1.54, 1.807) is 6.92 Å². The van der Waals surface area contributed by atoms with Gasteiger partial charge in [0.05, 0.1) is 38.5 Å². The molecule has 0 radical (unpaired) electrons. The summed E-state index contributed by atoms with van der Waals surface area (Å²) < 4.78 is 19.7. The van der Waals surface area contributed by atoms with Crippen molar-refractivity contribution in [2.24, 2.45) is 0 Å². The fraction of sp³-hybridized carbons (Fsp3) is 0.385. The van der Waals surface area contributed by atoms with E-state index in [9.17, 15) is 9.59 Å². The van der Waals surface area contributed by atoms with Crippen LogP contribution in [0.4, 0.5) is 4.79 Å². The second-order valence-corrected chi connectivity index (χ2v) is 3.62. The van der Waals surface area contributed by atoms with Crippen molar-refractivity contribution in [1.82, 2.24) is 0 Å². The molecule has 1 aromatic rings. The molecule has 0 atom stereocenters. The maximum Gasteiger partial charge on any atom is 0.543 e. The van der Waals surface area contributed by atoms with Crippen molar-refractivity contribution in [2.45, 2.75) is 6.92 Å². The summed E-state index contributed by atoms with van der Waals surface area (Å²) in [6, 6.07) is 2.69. The van der Waals surface area contributed by atoms with E-state index in [4.69, 9.17) is 14.2 Å². The summed E-state index contributed by atoms with van der Waals surface area (Å²) in [6.45, 7) is 1.66. The second kappa shape index (κ2) is 8.57. The van der Waals surface area contributed by atoms with E-state index in [0.717, 1.165) is 0 Å². The van der Waals surface area contributed by atoms with Gasteiger partial charge in [-0.1, -0.05) is 0 Å². The van der Waals surface area contributed by atoms with Crippen LogP contribution in [0, 0.1) is 0 Å². The van der Waals surface area contributed by atoms with E-state index < -0.39 is 12.1 Å². The Morgan fingerprint density at radius 2 is 1.55 bits per heavy atom. The first-order valence-corrected chi connectivity index (χ1v) is 6.09. The molecule has 0 aliphatic carbocycles. The van der Waals surface area contributed by atoms with Gasteiger partial charge in [0.15, 0.2) is 11.5 Å². The monoisotopic (exact) mass is 316 g/mol. The van der Waals surface area contributed by atoms with Crippen LogP contribution >= 0.6 is 0 Å². The van der Waals surface area contributed by atoms with Crippen molar-refractivity contribution in [2.75, 3.05) is 27.9 Å². The van der Waals surface area contributed by atoms with Gasteiger partial charge in [-0.05, 0) is 19.1 Å². The quantitative estimate of drug-likeness (QED) is 0.424. The summed E-state index contributed by atoms with van der Waals surface area (Å²) in [7, 11) is 4.22. The van der Waals surface area contributed by atoms with E-state index in [-0.39, 0.29) is 23.7 Å². The maximum absolute atomic E-state index is 11.8. The van der Waals surface area contributed by atoms with E-state index in [1.165, 1.54) is 33.5 Å². The third kappa shape index (κ3) is 4.42. The molecule has 0 aliphatic rings. The van der Waals surface area contributed by atoms with Crippen molar-refractivity contribution in [3.05, 3.63) is 17.7 Å². The normalized spacial score (nSPS) is 9.64. The van der Waals surface area contributed by atoms with Crippen LogP contribution in [0.25, 0.3) is 0 Å². The summed E-state index contributed by atoms with van der Waals surface area (Å²) in [5.74, 6) is -0.131. The molecule has 1 rings (SSSR count). The largest absolute Gasteiger partial charge is 0.543 e. The standard InChI is InChI=1S/C13H16O9/c1-5-19-13(15)21-22-20-12(14)8-6-9(16-2)11(18-4)10(7-8)17-3/h6-7H,5H2,1-4H3. The number of carbonyl (C=O) groups excluding carboxylic acids is 2. The number of carbonyl (C=O) groups is 2. The van der Waals surface area contributed by atoms with Crippen molar-refractivity contribution in [3.63, 3.8) is 0 Å². The highest BCUT2D eigenvalue weighted by molar-refractivity contribution is 5.90. The van der Waals surface area contributed by atoms with Crippen molar-refractivity contribution in [1.29, 1.82) is 0 Å². The molecule has 0 fully saturated rings. The number of hydrogen-bond acceptors (Lipinski definition) is 9. The van der Waals surface area contributed by atoms with Crippen LogP contribution in [0.1, 0.15) is 17.3 Å². The molecule has 22 heavy (non-hydrogen) atoms. The van der Waals surface area contributed by atoms with Gasteiger partial charge in [0.1, 0.15) is 0 Å². The third-order valence-electron chi connectivity index (χ3n) is 2.37. The molecule has 0 bridgehead atoms. The van der Waals surface area contributed by atoms with E-state index in [1.807, 2.05) is 0 Å². The number of ether oxygens (including phenoxy) is 4. The zero-order chi connectivity index (χ0) is 16.5. The van der Waals surface area contributed by atoms with Crippen molar-refractivity contribution in [3.8, 4) is 17.2 Å². The number of methoxy groups -OCH3 is 3. The van der Waals surface area contributed by atoms with Gasteiger partial charge in [-0.15, -0.1) is 0 Å². The van der Waals surface area contributed by atoms with Crippen LogP contribution in [-0.4, -0.2) is 40.1 Å². The predicted molar refractivity (Wildman–Crippen MR) is 70.7 cm³/mol. The van der Waals surface area contributed by atoms with Crippen LogP contribution in [-0.2, 0) is 19.6 Å². The van der Waals surface area contributed by atoms with Gasteiger partial charge in [-0.25, -0.2) is 14.5 Å². The zero-order valence-electron chi connectivity index (χ0n) is 12.5. The molecular weight excluding hydrogens is 300 g/mol. The molecule has 0 saturated carbocycles. The lowest BCUT2D eigenvalue weighted by Gasteiger charge is -2.13. The van der Waals surface area contributed by atoms with Gasteiger partial charge in [-0.2, -0.15) is 0 Å². The van der Waals surface area contributed by atoms with Crippen LogP contribution in [0.15, 0.2) is 12.1 Å². The first-order chi connectivity index (χ1) is 10.6. The maximum atomic E-state index is 11.8. The van der Waals surface area contributed by atoms with Gasteiger partial charge < -0.3 is 18.9 Å². The number of hydrogen-bond donors (Lipinski definition) is 0. The van der Waals surface area contributed by atoms with Crippen LogP contribution in [0.2, 0.25) is 0 Å². The Balaban J connectivity index is 2.79. The Morgan fingerprint density at radius 3 is 2.00 bits per heavy atom. The summed E-state index contributed by atoms with van der Waals surface area (Å²) in [6.07, 6.45) is -1.14. The molecule has 1 aromatic carbocycles. The Kier molecular flexibility index (Phi) is 6.77. The van der Waals surface area contributed by atoms with Crippen LogP contribution in [0.5, 0.6) is 17.2 Å². The minimum Gasteiger partial charge on any atom is -0.493 e. The molecule has 0 saturated heterocycles. The first-order valence-electron chi connectivity index (χ1n) is 6.09. The van der Waals surface area contributed by atoms with E-state index in [0.29, 0.717) is 5.75 Å². The predicted octanol–water partition coefficient (Wildman–Crippen LogP) is 1.89. The molecule has 0 spiro atoms. The van der Waals surface area contributed by atoms with Gasteiger partial charge in [0.25, 0.3) is 0 Å². The summed E-state index contributed by atoms with van der Waals surface area (Å²) >= 11 is 0. The molecule has 9 nitrogen and oxygen atoms in total. The molecule has 0 N–H and O–H groups in total. The molecule has 9 heteroatoms. The topological polar surface area (TPSA) is 98.8 Å². The van der Waals surface area contributed by atoms with E-state index >= 15 is 0 Å². The lowest BCUT2D eigenvalue weighted by Crippen LogP contribution is -2.12. The Morgan fingerprint density at radius 1 is 0.955 bits per heavy atom. The van der Waals surface area contributed by atoms with Crippen LogP contribution < -0.4 is 14.2 Å². The van der Waals surface area contributed by atoms with Gasteiger partial charge in [0, 0.05) is 0 Å². The average Bonchev–Trinajstić information content (AvgIpc) is 2.53. The molecule has 122 valence electrons. The molecule has 0 aromatic heterocycles. The molecule has 0 aliphatic heterocycles. The van der Waals surface area contributed by atoms with Gasteiger partial charge in [0.2, 0.25) is 5.75 Å². The third-order valence-corrected chi connectivity index (χ3v) is 2.37. The minimum absolute atomic E-state index is 0.0296. The summed E-state index contributed by atoms with van der Waals surface area (Å²) in [5.41, 5.74) is 0.0296. The van der Waals surface area contributed by atoms with Gasteiger partial charge >= 0.3 is 12.1 Å². The minimum atomic E-state index is -1.14. The average molecular weight is 316 g/mol.